The number of hydroxylamine groups is 1. The second-order valence-electron chi connectivity index (χ2n) is 3.61. The molecule has 86 valence electrons. The minimum absolute atomic E-state index is 0.00117. The Kier molecular flexibility index (Phi) is 3.48. The third-order valence-electron chi connectivity index (χ3n) is 2.58. The summed E-state index contributed by atoms with van der Waals surface area (Å²) in [5, 5.41) is 0. The Bertz CT molecular complexity index is 380. The van der Waals surface area contributed by atoms with Gasteiger partial charge in [-0.2, -0.15) is 0 Å². The van der Waals surface area contributed by atoms with E-state index in [1.165, 1.54) is 0 Å². The molecule has 2 rings (SSSR count). The van der Waals surface area contributed by atoms with E-state index >= 15 is 0 Å². The van der Waals surface area contributed by atoms with Gasteiger partial charge in [0.2, 0.25) is 0 Å². The van der Waals surface area contributed by atoms with Gasteiger partial charge in [0.1, 0.15) is 0 Å². The summed E-state index contributed by atoms with van der Waals surface area (Å²) in [5.74, 6) is 0.00117. The van der Waals surface area contributed by atoms with Crippen molar-refractivity contribution in [1.82, 2.24) is 5.48 Å². The van der Waals surface area contributed by atoms with Gasteiger partial charge in [-0.15, -0.1) is 12.6 Å². The molecule has 0 bridgehead atoms. The van der Waals surface area contributed by atoms with Gasteiger partial charge in [0.25, 0.3) is 5.91 Å². The van der Waals surface area contributed by atoms with Crippen LogP contribution in [0.15, 0.2) is 29.2 Å². The quantitative estimate of drug-likeness (QED) is 0.615. The lowest BCUT2D eigenvalue weighted by atomic mass is 10.3. The molecule has 0 spiro atoms. The largest absolute Gasteiger partial charge is 0.310 e. The molecule has 5 heteroatoms. The van der Waals surface area contributed by atoms with Crippen LogP contribution in [0.3, 0.4) is 0 Å². The van der Waals surface area contributed by atoms with E-state index in [4.69, 9.17) is 4.84 Å². The Balaban J connectivity index is 2.12. The first kappa shape index (κ1) is 11.4. The monoisotopic (exact) mass is 238 g/mol. The SMILES string of the molecule is CNOC1CCN(c2ccc(S)cc2)C1=O. The summed E-state index contributed by atoms with van der Waals surface area (Å²) >= 11 is 4.21. The number of thiol groups is 1. The normalized spacial score (nSPS) is 20.5. The topological polar surface area (TPSA) is 41.6 Å². The van der Waals surface area contributed by atoms with E-state index in [-0.39, 0.29) is 12.0 Å². The molecule has 1 fully saturated rings. The number of benzene rings is 1. The molecule has 1 heterocycles. The van der Waals surface area contributed by atoms with Gasteiger partial charge in [-0.25, -0.2) is 5.48 Å². The molecule has 0 saturated carbocycles. The van der Waals surface area contributed by atoms with Crippen LogP contribution in [0, 0.1) is 0 Å². The average Bonchev–Trinajstić information content (AvgIpc) is 2.63. The van der Waals surface area contributed by atoms with Crippen LogP contribution in [0.5, 0.6) is 0 Å². The van der Waals surface area contributed by atoms with Crippen LogP contribution < -0.4 is 10.4 Å². The van der Waals surface area contributed by atoms with Crippen molar-refractivity contribution in [1.29, 1.82) is 0 Å². The Labute approximate surface area is 99.9 Å². The number of rotatable bonds is 3. The predicted molar refractivity (Wildman–Crippen MR) is 64.6 cm³/mol. The fourth-order valence-electron chi connectivity index (χ4n) is 1.79. The molecule has 1 N–H and O–H groups in total. The van der Waals surface area contributed by atoms with Crippen LogP contribution in [0.4, 0.5) is 5.69 Å². The van der Waals surface area contributed by atoms with Gasteiger partial charge in [-0.3, -0.25) is 9.63 Å². The van der Waals surface area contributed by atoms with Crippen molar-refractivity contribution in [2.24, 2.45) is 0 Å². The fourth-order valence-corrected chi connectivity index (χ4v) is 1.94. The number of nitrogens with zero attached hydrogens (tertiary/aromatic N) is 1. The Morgan fingerprint density at radius 3 is 2.75 bits per heavy atom. The maximum atomic E-state index is 11.9. The predicted octanol–water partition coefficient (Wildman–Crippen LogP) is 1.23. The van der Waals surface area contributed by atoms with Gasteiger partial charge in [-0.1, -0.05) is 0 Å². The summed E-state index contributed by atoms with van der Waals surface area (Å²) in [6, 6.07) is 7.53. The molecule has 1 unspecified atom stereocenters. The first-order chi connectivity index (χ1) is 7.72. The molecule has 1 aromatic carbocycles. The van der Waals surface area contributed by atoms with Crippen molar-refractivity contribution in [2.45, 2.75) is 17.4 Å². The number of nitrogens with one attached hydrogen (secondary N) is 1. The summed E-state index contributed by atoms with van der Waals surface area (Å²) in [6.45, 7) is 0.692. The number of hydrogen-bond donors (Lipinski definition) is 2. The van der Waals surface area contributed by atoms with Crippen LogP contribution in [-0.2, 0) is 9.63 Å². The molecule has 1 aliphatic rings. The third-order valence-corrected chi connectivity index (χ3v) is 2.88. The smallest absolute Gasteiger partial charge is 0.258 e. The maximum absolute atomic E-state index is 11.9. The molecule has 1 aromatic rings. The first-order valence-corrected chi connectivity index (χ1v) is 5.60. The summed E-state index contributed by atoms with van der Waals surface area (Å²) in [4.78, 5) is 19.7. The zero-order valence-electron chi connectivity index (χ0n) is 9.01. The van der Waals surface area contributed by atoms with Gasteiger partial charge < -0.3 is 4.90 Å². The van der Waals surface area contributed by atoms with Gasteiger partial charge in [0.15, 0.2) is 6.10 Å². The molecule has 0 radical (unpaired) electrons. The molecule has 4 nitrogen and oxygen atoms in total. The zero-order valence-corrected chi connectivity index (χ0v) is 9.91. The Morgan fingerprint density at radius 2 is 2.12 bits per heavy atom. The minimum atomic E-state index is -0.374. The summed E-state index contributed by atoms with van der Waals surface area (Å²) in [7, 11) is 1.66. The highest BCUT2D eigenvalue weighted by Crippen LogP contribution is 2.23. The van der Waals surface area contributed by atoms with Gasteiger partial charge >= 0.3 is 0 Å². The number of carbonyl (C=O) groups excluding carboxylic acids is 1. The van der Waals surface area contributed by atoms with E-state index in [2.05, 4.69) is 18.1 Å². The van der Waals surface area contributed by atoms with E-state index in [9.17, 15) is 4.79 Å². The van der Waals surface area contributed by atoms with E-state index in [1.54, 1.807) is 11.9 Å². The maximum Gasteiger partial charge on any atom is 0.258 e. The summed E-state index contributed by atoms with van der Waals surface area (Å²) in [5.41, 5.74) is 3.45. The van der Waals surface area contributed by atoms with Crippen molar-refractivity contribution in [3.8, 4) is 0 Å². The lowest BCUT2D eigenvalue weighted by Gasteiger charge is -2.16. The highest BCUT2D eigenvalue weighted by Gasteiger charge is 2.33. The number of hydrogen-bond acceptors (Lipinski definition) is 4. The van der Waals surface area contributed by atoms with Gasteiger partial charge in [-0.05, 0) is 24.3 Å². The van der Waals surface area contributed by atoms with Crippen LogP contribution in [0.25, 0.3) is 0 Å². The zero-order chi connectivity index (χ0) is 11.5. The average molecular weight is 238 g/mol. The number of amides is 1. The van der Waals surface area contributed by atoms with Crippen LogP contribution in [0.2, 0.25) is 0 Å². The van der Waals surface area contributed by atoms with E-state index < -0.39 is 0 Å². The molecular formula is C11H14N2O2S. The lowest BCUT2D eigenvalue weighted by Crippen LogP contribution is -2.32. The second-order valence-corrected chi connectivity index (χ2v) is 4.12. The second kappa shape index (κ2) is 4.86. The molecule has 1 aliphatic heterocycles. The molecule has 16 heavy (non-hydrogen) atoms. The van der Waals surface area contributed by atoms with Crippen molar-refractivity contribution in [3.63, 3.8) is 0 Å². The standard InChI is InChI=1S/C11H14N2O2S/c1-12-15-10-6-7-13(11(10)14)8-2-4-9(16)5-3-8/h2-5,10,12,16H,6-7H2,1H3. The highest BCUT2D eigenvalue weighted by molar-refractivity contribution is 7.80. The van der Waals surface area contributed by atoms with Crippen LogP contribution in [0.1, 0.15) is 6.42 Å². The summed E-state index contributed by atoms with van der Waals surface area (Å²) < 4.78 is 0. The van der Waals surface area contributed by atoms with Crippen LogP contribution in [-0.4, -0.2) is 25.6 Å². The van der Waals surface area contributed by atoms with E-state index in [1.807, 2.05) is 24.3 Å². The van der Waals surface area contributed by atoms with E-state index in [0.29, 0.717) is 13.0 Å². The molecule has 1 saturated heterocycles. The van der Waals surface area contributed by atoms with Crippen molar-refractivity contribution in [3.05, 3.63) is 24.3 Å². The number of carbonyl (C=O) groups is 1. The molecule has 0 aliphatic carbocycles. The Hall–Kier alpha value is -1.04. The molecule has 0 aromatic heterocycles. The van der Waals surface area contributed by atoms with Gasteiger partial charge in [0, 0.05) is 30.6 Å². The molecular weight excluding hydrogens is 224 g/mol. The Morgan fingerprint density at radius 1 is 1.44 bits per heavy atom. The highest BCUT2D eigenvalue weighted by atomic mass is 32.1. The summed E-state index contributed by atoms with van der Waals surface area (Å²) in [6.07, 6.45) is 0.336. The first-order valence-electron chi connectivity index (χ1n) is 5.15. The minimum Gasteiger partial charge on any atom is -0.310 e. The third kappa shape index (κ3) is 2.21. The lowest BCUT2D eigenvalue weighted by molar-refractivity contribution is -0.131. The van der Waals surface area contributed by atoms with Crippen molar-refractivity contribution >= 4 is 24.2 Å². The van der Waals surface area contributed by atoms with Gasteiger partial charge in [0.05, 0.1) is 0 Å². The molecule has 1 amide bonds. The van der Waals surface area contributed by atoms with Crippen molar-refractivity contribution < 1.29 is 9.63 Å². The molecule has 1 atom stereocenters. The van der Waals surface area contributed by atoms with E-state index in [0.717, 1.165) is 10.6 Å². The van der Waals surface area contributed by atoms with Crippen molar-refractivity contribution in [2.75, 3.05) is 18.5 Å². The fraction of sp³-hybridized carbons (Fsp3) is 0.364. The number of anilines is 1. The van der Waals surface area contributed by atoms with Crippen LogP contribution >= 0.6 is 12.6 Å².